The van der Waals surface area contributed by atoms with Crippen LogP contribution in [0.25, 0.3) is 0 Å². The van der Waals surface area contributed by atoms with Gasteiger partial charge in [-0.25, -0.2) is 0 Å². The first-order chi connectivity index (χ1) is 33.8. The smallest absolute Gasteiger partial charge is 0.305 e. The lowest BCUT2D eigenvalue weighted by Gasteiger charge is -2.18. The zero-order valence-corrected chi connectivity index (χ0v) is 43.4. The molecule has 0 aromatic heterocycles. The molecule has 0 aliphatic rings. The van der Waals surface area contributed by atoms with Crippen LogP contribution in [0.1, 0.15) is 155 Å². The van der Waals surface area contributed by atoms with E-state index in [4.69, 9.17) is 14.2 Å². The fourth-order valence-electron chi connectivity index (χ4n) is 6.31. The molecule has 0 spiro atoms. The molecule has 0 aromatic carbocycles. The van der Waals surface area contributed by atoms with Gasteiger partial charge in [-0.3, -0.25) is 19.2 Å². The summed E-state index contributed by atoms with van der Waals surface area (Å²) >= 11 is 0. The second kappa shape index (κ2) is 52.3. The number of rotatable bonds is 45. The number of carbonyl (C=O) groups excluding carboxylic acids is 4. The first kappa shape index (κ1) is 63.9. The third-order valence-corrected chi connectivity index (χ3v) is 10.2. The maximum absolute atomic E-state index is 12.8. The SMILES string of the molecule is CC/C=C\C/C=C\C/C=C\C/C=C\C/C=C\CCCC(=O)OCCCCC(CCCCOC(=O)CCC/C=C\C/C=C\C/C=C\C/C=C\C/C=C\CC)NC(=O)C=CC(=O)NCCOCCN(C)C. The molecule has 0 fully saturated rings. The van der Waals surface area contributed by atoms with Crippen molar-refractivity contribution in [2.45, 2.75) is 161 Å². The van der Waals surface area contributed by atoms with Crippen molar-refractivity contribution in [2.75, 3.05) is 53.6 Å². The number of allylic oxidation sites excluding steroid dienone is 20. The Kier molecular flexibility index (Phi) is 48.5. The quantitative estimate of drug-likeness (QED) is 0.0268. The second-order valence-corrected chi connectivity index (χ2v) is 16.9. The van der Waals surface area contributed by atoms with Crippen LogP contribution in [-0.2, 0) is 33.4 Å². The Morgan fingerprint density at radius 3 is 1.22 bits per heavy atom. The molecule has 2 amide bonds. The monoisotopic (exact) mass is 956 g/mol. The average molecular weight is 956 g/mol. The average Bonchev–Trinajstić information content (AvgIpc) is 3.33. The molecule has 0 saturated heterocycles. The lowest BCUT2D eigenvalue weighted by Crippen LogP contribution is -2.34. The predicted octanol–water partition coefficient (Wildman–Crippen LogP) is 13.0. The number of hydrogen-bond acceptors (Lipinski definition) is 8. The van der Waals surface area contributed by atoms with Gasteiger partial charge in [0.05, 0.1) is 26.4 Å². The summed E-state index contributed by atoms with van der Waals surface area (Å²) in [6.07, 6.45) is 63.8. The Balaban J connectivity index is 4.52. The molecule has 386 valence electrons. The van der Waals surface area contributed by atoms with Gasteiger partial charge in [-0.05, 0) is 143 Å². The minimum absolute atomic E-state index is 0.145. The zero-order chi connectivity index (χ0) is 50.4. The number of amides is 2. The summed E-state index contributed by atoms with van der Waals surface area (Å²) in [5.74, 6) is -1.11. The molecule has 10 heteroatoms. The van der Waals surface area contributed by atoms with Crippen LogP contribution < -0.4 is 10.6 Å². The van der Waals surface area contributed by atoms with Crippen molar-refractivity contribution < 1.29 is 33.4 Å². The van der Waals surface area contributed by atoms with Crippen molar-refractivity contribution in [1.82, 2.24) is 15.5 Å². The molecule has 69 heavy (non-hydrogen) atoms. The highest BCUT2D eigenvalue weighted by Crippen LogP contribution is 2.11. The third-order valence-electron chi connectivity index (χ3n) is 10.2. The van der Waals surface area contributed by atoms with Crippen molar-refractivity contribution in [3.63, 3.8) is 0 Å². The van der Waals surface area contributed by atoms with Crippen molar-refractivity contribution in [3.05, 3.63) is 134 Å². The molecule has 0 aliphatic heterocycles. The predicted molar refractivity (Wildman–Crippen MR) is 290 cm³/mol. The largest absolute Gasteiger partial charge is 0.466 e. The summed E-state index contributed by atoms with van der Waals surface area (Å²) in [5.41, 5.74) is 0. The van der Waals surface area contributed by atoms with E-state index in [1.807, 2.05) is 19.0 Å². The van der Waals surface area contributed by atoms with E-state index in [9.17, 15) is 19.2 Å². The van der Waals surface area contributed by atoms with E-state index in [1.165, 1.54) is 12.2 Å². The first-order valence-electron chi connectivity index (χ1n) is 26.1. The van der Waals surface area contributed by atoms with E-state index < -0.39 is 0 Å². The van der Waals surface area contributed by atoms with Gasteiger partial charge in [-0.1, -0.05) is 135 Å². The van der Waals surface area contributed by atoms with E-state index in [0.29, 0.717) is 71.5 Å². The van der Waals surface area contributed by atoms with Gasteiger partial charge in [-0.2, -0.15) is 0 Å². The summed E-state index contributed by atoms with van der Waals surface area (Å²) in [7, 11) is 3.93. The molecule has 2 N–H and O–H groups in total. The Hall–Kier alpha value is -5.06. The van der Waals surface area contributed by atoms with E-state index in [0.717, 1.165) is 109 Å². The number of unbranched alkanes of at least 4 members (excludes halogenated alkanes) is 4. The molecule has 10 nitrogen and oxygen atoms in total. The molecule has 0 saturated carbocycles. The highest BCUT2D eigenvalue weighted by Gasteiger charge is 2.12. The maximum atomic E-state index is 12.8. The van der Waals surface area contributed by atoms with Gasteiger partial charge in [-0.15, -0.1) is 0 Å². The fourth-order valence-corrected chi connectivity index (χ4v) is 6.31. The summed E-state index contributed by atoms with van der Waals surface area (Å²) in [6.45, 7) is 7.06. The topological polar surface area (TPSA) is 123 Å². The minimum atomic E-state index is -0.364. The summed E-state index contributed by atoms with van der Waals surface area (Å²) in [6, 6.07) is -0.145. The van der Waals surface area contributed by atoms with Crippen LogP contribution in [-0.4, -0.2) is 88.3 Å². The molecule has 0 aromatic rings. The van der Waals surface area contributed by atoms with Crippen LogP contribution in [0.4, 0.5) is 0 Å². The molecular formula is C59H93N3O7. The van der Waals surface area contributed by atoms with E-state index in [1.54, 1.807) is 0 Å². The molecule has 0 atom stereocenters. The summed E-state index contributed by atoms with van der Waals surface area (Å²) < 4.78 is 16.5. The first-order valence-corrected chi connectivity index (χ1v) is 26.1. The number of esters is 2. The van der Waals surface area contributed by atoms with Gasteiger partial charge in [0.2, 0.25) is 11.8 Å². The molecule has 0 heterocycles. The number of nitrogens with one attached hydrogen (secondary N) is 2. The number of nitrogens with zero attached hydrogens (tertiary/aromatic N) is 1. The van der Waals surface area contributed by atoms with Gasteiger partial charge in [0, 0.05) is 44.1 Å². The molecule has 0 unspecified atom stereocenters. The number of carbonyl (C=O) groups is 4. The van der Waals surface area contributed by atoms with Gasteiger partial charge >= 0.3 is 11.9 Å². The summed E-state index contributed by atoms with van der Waals surface area (Å²) in [4.78, 5) is 51.7. The van der Waals surface area contributed by atoms with E-state index in [-0.39, 0.29) is 29.8 Å². The van der Waals surface area contributed by atoms with Crippen LogP contribution in [0.2, 0.25) is 0 Å². The van der Waals surface area contributed by atoms with Crippen molar-refractivity contribution in [1.29, 1.82) is 0 Å². The Morgan fingerprint density at radius 1 is 0.449 bits per heavy atom. The maximum Gasteiger partial charge on any atom is 0.305 e. The number of hydrogen-bond donors (Lipinski definition) is 2. The Labute approximate surface area is 419 Å². The van der Waals surface area contributed by atoms with Gasteiger partial charge in [0.1, 0.15) is 0 Å². The Bertz CT molecular complexity index is 1520. The van der Waals surface area contributed by atoms with E-state index >= 15 is 0 Å². The van der Waals surface area contributed by atoms with Crippen LogP contribution >= 0.6 is 0 Å². The zero-order valence-electron chi connectivity index (χ0n) is 43.4. The highest BCUT2D eigenvalue weighted by molar-refractivity contribution is 5.96. The number of likely N-dealkylation sites (N-methyl/N-ethyl adjacent to an activating group) is 1. The minimum Gasteiger partial charge on any atom is -0.466 e. The standard InChI is InChI=1S/C59H93N3O7/c1-5-7-9-11-13-15-17-19-21-23-25-27-29-31-33-35-37-45-58(65)68-51-41-39-43-55(61-57(64)48-47-56(63)60-49-53-67-54-50-62(3)4)44-40-42-52-69-59(66)46-38-36-34-32-30-28-26-24-22-20-18-16-14-12-10-8-6-2/h7-10,13-16,19-22,25-28,31-34,47-48,55H,5-6,11-12,17-18,23-24,29-30,35-46,49-54H2,1-4H3,(H,60,63)(H,61,64)/b9-7-,10-8-,15-13-,16-14-,21-19-,22-20-,27-25-,28-26-,33-31-,34-32-,48-47?. The lowest BCUT2D eigenvalue weighted by atomic mass is 10.0. The van der Waals surface area contributed by atoms with Gasteiger partial charge < -0.3 is 29.7 Å². The molecule has 0 radical (unpaired) electrons. The summed E-state index contributed by atoms with van der Waals surface area (Å²) in [5, 5.41) is 5.76. The molecular weight excluding hydrogens is 863 g/mol. The molecule has 0 bridgehead atoms. The van der Waals surface area contributed by atoms with Crippen molar-refractivity contribution in [2.24, 2.45) is 0 Å². The molecule has 0 aliphatic carbocycles. The Morgan fingerprint density at radius 2 is 0.826 bits per heavy atom. The lowest BCUT2D eigenvalue weighted by molar-refractivity contribution is -0.144. The third kappa shape index (κ3) is 52.2. The highest BCUT2D eigenvalue weighted by atomic mass is 16.5. The van der Waals surface area contributed by atoms with Crippen molar-refractivity contribution in [3.8, 4) is 0 Å². The number of ether oxygens (including phenoxy) is 3. The fraction of sp³-hybridized carbons (Fsp3) is 0.559. The molecule has 0 rings (SSSR count). The van der Waals surface area contributed by atoms with Gasteiger partial charge in [0.25, 0.3) is 0 Å². The van der Waals surface area contributed by atoms with Crippen LogP contribution in [0.15, 0.2) is 134 Å². The van der Waals surface area contributed by atoms with Gasteiger partial charge in [0.15, 0.2) is 0 Å². The van der Waals surface area contributed by atoms with Crippen LogP contribution in [0.5, 0.6) is 0 Å². The van der Waals surface area contributed by atoms with Crippen molar-refractivity contribution >= 4 is 23.8 Å². The van der Waals surface area contributed by atoms with Crippen LogP contribution in [0, 0.1) is 0 Å². The van der Waals surface area contributed by atoms with Crippen LogP contribution in [0.3, 0.4) is 0 Å². The normalized spacial score (nSPS) is 12.7. The van der Waals surface area contributed by atoms with E-state index in [2.05, 4.69) is 146 Å². The second-order valence-electron chi connectivity index (χ2n) is 16.9.